The minimum atomic E-state index is -0.953. The average Bonchev–Trinajstić information content (AvgIpc) is 2.43. The molecule has 0 saturated heterocycles. The van der Waals surface area contributed by atoms with Crippen molar-refractivity contribution in [1.29, 1.82) is 0 Å². The third kappa shape index (κ3) is 3.36. The summed E-state index contributed by atoms with van der Waals surface area (Å²) in [6.45, 7) is 0. The van der Waals surface area contributed by atoms with Crippen LogP contribution in [0.3, 0.4) is 0 Å². The number of rotatable bonds is 4. The van der Waals surface area contributed by atoms with Crippen LogP contribution in [0.15, 0.2) is 36.4 Å². The van der Waals surface area contributed by atoms with E-state index in [9.17, 15) is 17.6 Å². The first kappa shape index (κ1) is 14.5. The molecule has 2 N–H and O–H groups in total. The molecule has 0 spiro atoms. The van der Waals surface area contributed by atoms with Crippen LogP contribution in [0.4, 0.5) is 17.6 Å². The van der Waals surface area contributed by atoms with Crippen LogP contribution in [-0.4, -0.2) is 0 Å². The molecule has 1 atom stereocenters. The van der Waals surface area contributed by atoms with Gasteiger partial charge in [-0.15, -0.1) is 0 Å². The van der Waals surface area contributed by atoms with Crippen molar-refractivity contribution in [3.05, 3.63) is 70.8 Å². The Labute approximate surface area is 114 Å². The van der Waals surface area contributed by atoms with Crippen LogP contribution in [0.5, 0.6) is 0 Å². The summed E-state index contributed by atoms with van der Waals surface area (Å²) in [5.41, 5.74) is 6.94. The highest BCUT2D eigenvalue weighted by atomic mass is 19.2. The summed E-state index contributed by atoms with van der Waals surface area (Å²) in [5, 5.41) is 0. The van der Waals surface area contributed by atoms with Gasteiger partial charge in [-0.1, -0.05) is 12.1 Å². The van der Waals surface area contributed by atoms with Crippen molar-refractivity contribution in [2.75, 3.05) is 0 Å². The first-order valence-corrected chi connectivity index (χ1v) is 6.12. The van der Waals surface area contributed by atoms with Gasteiger partial charge in [-0.3, -0.25) is 0 Å². The van der Waals surface area contributed by atoms with E-state index in [1.165, 1.54) is 12.1 Å². The SMILES string of the molecule is NC(CCc1ccc(F)c(F)c1)c1ccc(F)c(F)c1. The fraction of sp³-hybridized carbons (Fsp3) is 0.200. The average molecular weight is 283 g/mol. The number of halogens is 4. The Morgan fingerprint density at radius 3 is 2.00 bits per heavy atom. The van der Waals surface area contributed by atoms with Crippen molar-refractivity contribution in [3.8, 4) is 0 Å². The zero-order valence-electron chi connectivity index (χ0n) is 10.5. The minimum absolute atomic E-state index is 0.413. The predicted molar refractivity (Wildman–Crippen MR) is 68.0 cm³/mol. The molecule has 0 aliphatic heterocycles. The van der Waals surface area contributed by atoms with E-state index in [0.717, 1.165) is 24.3 Å². The molecule has 0 radical (unpaired) electrons. The van der Waals surface area contributed by atoms with Gasteiger partial charge in [-0.2, -0.15) is 0 Å². The van der Waals surface area contributed by atoms with Gasteiger partial charge >= 0.3 is 0 Å². The molecule has 106 valence electrons. The van der Waals surface area contributed by atoms with Crippen molar-refractivity contribution in [2.24, 2.45) is 5.73 Å². The second-order valence-electron chi connectivity index (χ2n) is 4.57. The molecule has 0 saturated carbocycles. The predicted octanol–water partition coefficient (Wildman–Crippen LogP) is 3.88. The molecule has 2 rings (SSSR count). The van der Waals surface area contributed by atoms with E-state index in [1.54, 1.807) is 0 Å². The van der Waals surface area contributed by atoms with Gasteiger partial charge in [0.25, 0.3) is 0 Å². The van der Waals surface area contributed by atoms with Gasteiger partial charge in [0.05, 0.1) is 0 Å². The van der Waals surface area contributed by atoms with Gasteiger partial charge in [-0.25, -0.2) is 17.6 Å². The molecular formula is C15H13F4N. The number of nitrogens with two attached hydrogens (primary N) is 1. The van der Waals surface area contributed by atoms with Crippen LogP contribution >= 0.6 is 0 Å². The largest absolute Gasteiger partial charge is 0.324 e. The van der Waals surface area contributed by atoms with E-state index in [2.05, 4.69) is 0 Å². The monoisotopic (exact) mass is 283 g/mol. The molecule has 0 aliphatic rings. The molecule has 0 amide bonds. The summed E-state index contributed by atoms with van der Waals surface area (Å²) in [7, 11) is 0. The fourth-order valence-corrected chi connectivity index (χ4v) is 1.93. The highest BCUT2D eigenvalue weighted by Gasteiger charge is 2.10. The zero-order chi connectivity index (χ0) is 14.7. The van der Waals surface area contributed by atoms with Gasteiger partial charge in [0.2, 0.25) is 0 Å². The van der Waals surface area contributed by atoms with E-state index in [4.69, 9.17) is 5.73 Å². The third-order valence-corrected chi connectivity index (χ3v) is 3.10. The number of hydrogen-bond donors (Lipinski definition) is 1. The Morgan fingerprint density at radius 2 is 1.40 bits per heavy atom. The van der Waals surface area contributed by atoms with Crippen LogP contribution in [0, 0.1) is 23.3 Å². The smallest absolute Gasteiger partial charge is 0.159 e. The van der Waals surface area contributed by atoms with Gasteiger partial charge in [-0.05, 0) is 48.2 Å². The number of hydrogen-bond acceptors (Lipinski definition) is 1. The lowest BCUT2D eigenvalue weighted by molar-refractivity contribution is 0.502. The Bertz CT molecular complexity index is 613. The zero-order valence-corrected chi connectivity index (χ0v) is 10.5. The summed E-state index contributed by atoms with van der Waals surface area (Å²) >= 11 is 0. The van der Waals surface area contributed by atoms with Gasteiger partial charge < -0.3 is 5.73 Å². The lowest BCUT2D eigenvalue weighted by Crippen LogP contribution is -2.12. The molecule has 0 aromatic heterocycles. The van der Waals surface area contributed by atoms with Crippen molar-refractivity contribution in [2.45, 2.75) is 18.9 Å². The molecule has 0 fully saturated rings. The Hall–Kier alpha value is -1.88. The Morgan fingerprint density at radius 1 is 0.800 bits per heavy atom. The fourth-order valence-electron chi connectivity index (χ4n) is 1.93. The van der Waals surface area contributed by atoms with Crippen molar-refractivity contribution < 1.29 is 17.6 Å². The van der Waals surface area contributed by atoms with E-state index in [1.807, 2.05) is 0 Å². The van der Waals surface area contributed by atoms with E-state index in [-0.39, 0.29) is 0 Å². The summed E-state index contributed by atoms with van der Waals surface area (Å²) in [4.78, 5) is 0. The van der Waals surface area contributed by atoms with Crippen molar-refractivity contribution >= 4 is 0 Å². The van der Waals surface area contributed by atoms with E-state index >= 15 is 0 Å². The summed E-state index contributed by atoms with van der Waals surface area (Å²) < 4.78 is 51.7. The molecule has 0 bridgehead atoms. The maximum Gasteiger partial charge on any atom is 0.159 e. The molecule has 5 heteroatoms. The standard InChI is InChI=1S/C15H13F4N/c16-11-4-1-9(7-13(11)18)2-6-15(20)10-3-5-12(17)14(19)8-10/h1,3-5,7-8,15H,2,6,20H2. The minimum Gasteiger partial charge on any atom is -0.324 e. The van der Waals surface area contributed by atoms with Crippen LogP contribution < -0.4 is 5.73 Å². The summed E-state index contributed by atoms with van der Waals surface area (Å²) in [5.74, 6) is -3.70. The quantitative estimate of drug-likeness (QED) is 0.847. The Balaban J connectivity index is 2.02. The second kappa shape index (κ2) is 6.05. The van der Waals surface area contributed by atoms with Gasteiger partial charge in [0, 0.05) is 6.04 Å². The molecule has 20 heavy (non-hydrogen) atoms. The van der Waals surface area contributed by atoms with Crippen molar-refractivity contribution in [3.63, 3.8) is 0 Å². The van der Waals surface area contributed by atoms with Crippen LogP contribution in [0.25, 0.3) is 0 Å². The van der Waals surface area contributed by atoms with E-state index < -0.39 is 29.3 Å². The molecule has 0 aliphatic carbocycles. The first-order chi connectivity index (χ1) is 9.47. The highest BCUT2D eigenvalue weighted by Crippen LogP contribution is 2.20. The van der Waals surface area contributed by atoms with Crippen LogP contribution in [-0.2, 0) is 6.42 Å². The van der Waals surface area contributed by atoms with Crippen LogP contribution in [0.1, 0.15) is 23.6 Å². The third-order valence-electron chi connectivity index (χ3n) is 3.10. The van der Waals surface area contributed by atoms with Crippen LogP contribution in [0.2, 0.25) is 0 Å². The molecule has 2 aromatic carbocycles. The van der Waals surface area contributed by atoms with E-state index in [0.29, 0.717) is 24.0 Å². The van der Waals surface area contributed by atoms with Gasteiger partial charge in [0.15, 0.2) is 23.3 Å². The topological polar surface area (TPSA) is 26.0 Å². The maximum atomic E-state index is 13.1. The first-order valence-electron chi connectivity index (χ1n) is 6.12. The molecule has 2 aromatic rings. The lowest BCUT2D eigenvalue weighted by atomic mass is 9.99. The maximum absolute atomic E-state index is 13.1. The number of benzene rings is 2. The Kier molecular flexibility index (Phi) is 4.39. The molecule has 0 heterocycles. The molecule has 1 unspecified atom stereocenters. The molecular weight excluding hydrogens is 270 g/mol. The molecule has 1 nitrogen and oxygen atoms in total. The number of aryl methyl sites for hydroxylation is 1. The summed E-state index contributed by atoms with van der Waals surface area (Å²) in [6, 6.07) is 6.59. The van der Waals surface area contributed by atoms with Gasteiger partial charge in [0.1, 0.15) is 0 Å². The van der Waals surface area contributed by atoms with Crippen molar-refractivity contribution in [1.82, 2.24) is 0 Å². The highest BCUT2D eigenvalue weighted by molar-refractivity contribution is 5.22. The second-order valence-corrected chi connectivity index (χ2v) is 4.57. The normalized spacial score (nSPS) is 12.4. The summed E-state index contributed by atoms with van der Waals surface area (Å²) in [6.07, 6.45) is 0.827. The lowest BCUT2D eigenvalue weighted by Gasteiger charge is -2.12.